The monoisotopic (exact) mass is 849 g/mol. The van der Waals surface area contributed by atoms with Gasteiger partial charge in [-0.3, -0.25) is 4.79 Å². The lowest BCUT2D eigenvalue weighted by atomic mass is 9.99. The second-order valence-electron chi connectivity index (χ2n) is 16.9. The Balaban J connectivity index is 2.18. The van der Waals surface area contributed by atoms with Gasteiger partial charge in [0.15, 0.2) is 6.29 Å². The maximum absolute atomic E-state index is 12.8. The zero-order chi connectivity index (χ0) is 43.6. The highest BCUT2D eigenvalue weighted by atomic mass is 16.7. The first-order valence-electron chi connectivity index (χ1n) is 24.7. The second-order valence-corrected chi connectivity index (χ2v) is 16.9. The SMILES string of the molecule is CCCC/C=C\CCCCCCCCOCC(COC1OC(CO)C(O)C(O)C1O)OC(=O)CCCCCCCCCCCC/C=C\C/C=C\C/C=C\CCCCCCC. The van der Waals surface area contributed by atoms with Gasteiger partial charge >= 0.3 is 5.97 Å². The zero-order valence-electron chi connectivity index (χ0n) is 38.5. The van der Waals surface area contributed by atoms with Gasteiger partial charge in [0, 0.05) is 13.0 Å². The third kappa shape index (κ3) is 32.8. The minimum atomic E-state index is -1.54. The van der Waals surface area contributed by atoms with Gasteiger partial charge in [-0.15, -0.1) is 0 Å². The molecule has 0 aromatic heterocycles. The number of unbranched alkanes of at least 4 members (excludes halogenated alkanes) is 23. The van der Waals surface area contributed by atoms with E-state index in [1.165, 1.54) is 128 Å². The molecule has 0 spiro atoms. The molecule has 0 aromatic rings. The van der Waals surface area contributed by atoms with Crippen molar-refractivity contribution in [2.24, 2.45) is 0 Å². The van der Waals surface area contributed by atoms with E-state index < -0.39 is 43.4 Å². The summed E-state index contributed by atoms with van der Waals surface area (Å²) in [5, 5.41) is 40.1. The van der Waals surface area contributed by atoms with Gasteiger partial charge in [0.05, 0.1) is 19.8 Å². The summed E-state index contributed by atoms with van der Waals surface area (Å²) in [6.07, 6.45) is 45.7. The van der Waals surface area contributed by atoms with E-state index in [-0.39, 0.29) is 19.2 Å². The van der Waals surface area contributed by atoms with Crippen LogP contribution in [0, 0.1) is 0 Å². The quantitative estimate of drug-likeness (QED) is 0.0269. The van der Waals surface area contributed by atoms with Crippen molar-refractivity contribution in [3.05, 3.63) is 48.6 Å². The van der Waals surface area contributed by atoms with Gasteiger partial charge in [0.1, 0.15) is 30.5 Å². The van der Waals surface area contributed by atoms with Crippen molar-refractivity contribution in [3.8, 4) is 0 Å². The predicted octanol–water partition coefficient (Wildman–Crippen LogP) is 11.7. The van der Waals surface area contributed by atoms with Gasteiger partial charge in [-0.05, 0) is 70.6 Å². The Morgan fingerprint density at radius 1 is 0.533 bits per heavy atom. The highest BCUT2D eigenvalue weighted by Gasteiger charge is 2.44. The summed E-state index contributed by atoms with van der Waals surface area (Å²) in [5.41, 5.74) is 0. The summed E-state index contributed by atoms with van der Waals surface area (Å²) in [6, 6.07) is 0. The number of esters is 1. The molecule has 1 aliphatic rings. The van der Waals surface area contributed by atoms with Crippen LogP contribution in [0.5, 0.6) is 0 Å². The number of ether oxygens (including phenoxy) is 4. The summed E-state index contributed by atoms with van der Waals surface area (Å²) in [5.74, 6) is -0.320. The van der Waals surface area contributed by atoms with Crippen LogP contribution in [0.4, 0.5) is 0 Å². The Bertz CT molecular complexity index is 1060. The Morgan fingerprint density at radius 3 is 1.52 bits per heavy atom. The van der Waals surface area contributed by atoms with Crippen molar-refractivity contribution < 1.29 is 44.2 Å². The fraction of sp³-hybridized carbons (Fsp3) is 0.824. The molecule has 6 unspecified atom stereocenters. The number of carbonyl (C=O) groups is 1. The molecule has 9 nitrogen and oxygen atoms in total. The molecule has 0 bridgehead atoms. The Labute approximate surface area is 367 Å². The van der Waals surface area contributed by atoms with Crippen LogP contribution < -0.4 is 0 Å². The highest BCUT2D eigenvalue weighted by Crippen LogP contribution is 2.23. The highest BCUT2D eigenvalue weighted by molar-refractivity contribution is 5.69. The third-order valence-corrected chi connectivity index (χ3v) is 11.2. The van der Waals surface area contributed by atoms with Crippen molar-refractivity contribution in [1.29, 1.82) is 0 Å². The second kappa shape index (κ2) is 42.5. The standard InChI is InChI=1S/C51H92O9/c1-3-5-7-9-11-13-15-17-18-19-20-21-22-23-24-25-26-27-28-29-30-32-34-36-38-40-47(53)59-45(44-58-51-50(56)49(55)48(54)46(42-52)60-51)43-57-41-39-37-35-33-31-16-14-12-10-8-6-4-2/h10,12,15,17,19-20,22-23,45-46,48-52,54-56H,3-9,11,13-14,16,18,21,24-44H2,1-2H3/b12-10-,17-15-,20-19-,23-22-. The number of rotatable bonds is 42. The van der Waals surface area contributed by atoms with Crippen LogP contribution in [0.25, 0.3) is 0 Å². The van der Waals surface area contributed by atoms with E-state index in [0.29, 0.717) is 13.0 Å². The van der Waals surface area contributed by atoms with Gasteiger partial charge < -0.3 is 39.4 Å². The Kier molecular flexibility index (Phi) is 39.7. The molecule has 1 aliphatic heterocycles. The first-order chi connectivity index (χ1) is 29.4. The predicted molar refractivity (Wildman–Crippen MR) is 247 cm³/mol. The summed E-state index contributed by atoms with van der Waals surface area (Å²) in [4.78, 5) is 12.8. The van der Waals surface area contributed by atoms with Crippen molar-refractivity contribution >= 4 is 5.97 Å². The maximum Gasteiger partial charge on any atom is 0.306 e. The fourth-order valence-corrected chi connectivity index (χ4v) is 7.30. The zero-order valence-corrected chi connectivity index (χ0v) is 38.5. The molecule has 1 saturated heterocycles. The van der Waals surface area contributed by atoms with Crippen molar-refractivity contribution in [2.45, 2.75) is 243 Å². The van der Waals surface area contributed by atoms with Crippen LogP contribution in [-0.4, -0.2) is 89.6 Å². The first kappa shape index (κ1) is 56.2. The molecule has 6 atom stereocenters. The Hall–Kier alpha value is -1.85. The average Bonchev–Trinajstić information content (AvgIpc) is 3.25. The molecular formula is C51H92O9. The maximum atomic E-state index is 12.8. The van der Waals surface area contributed by atoms with E-state index >= 15 is 0 Å². The van der Waals surface area contributed by atoms with E-state index in [4.69, 9.17) is 18.9 Å². The molecule has 9 heteroatoms. The lowest BCUT2D eigenvalue weighted by Crippen LogP contribution is -2.59. The third-order valence-electron chi connectivity index (χ3n) is 11.2. The first-order valence-corrected chi connectivity index (χ1v) is 24.7. The number of hydrogen-bond donors (Lipinski definition) is 4. The van der Waals surface area contributed by atoms with E-state index in [1.807, 2.05) is 0 Å². The Morgan fingerprint density at radius 2 is 0.983 bits per heavy atom. The van der Waals surface area contributed by atoms with Crippen LogP contribution >= 0.6 is 0 Å². The largest absolute Gasteiger partial charge is 0.457 e. The molecule has 0 aromatic carbocycles. The average molecular weight is 849 g/mol. The number of hydrogen-bond acceptors (Lipinski definition) is 9. The lowest BCUT2D eigenvalue weighted by molar-refractivity contribution is -0.305. The van der Waals surface area contributed by atoms with Crippen LogP contribution in [0.3, 0.4) is 0 Å². The molecule has 0 radical (unpaired) electrons. The molecule has 1 heterocycles. The van der Waals surface area contributed by atoms with E-state index in [9.17, 15) is 25.2 Å². The van der Waals surface area contributed by atoms with Crippen molar-refractivity contribution in [2.75, 3.05) is 26.4 Å². The molecule has 0 aliphatic carbocycles. The molecule has 0 saturated carbocycles. The molecule has 350 valence electrons. The number of allylic oxidation sites excluding steroid dienone is 8. The summed E-state index contributed by atoms with van der Waals surface area (Å²) in [7, 11) is 0. The van der Waals surface area contributed by atoms with Gasteiger partial charge in [0.25, 0.3) is 0 Å². The van der Waals surface area contributed by atoms with Gasteiger partial charge in [-0.25, -0.2) is 0 Å². The van der Waals surface area contributed by atoms with Crippen molar-refractivity contribution in [3.63, 3.8) is 0 Å². The van der Waals surface area contributed by atoms with Crippen molar-refractivity contribution in [1.82, 2.24) is 0 Å². The van der Waals surface area contributed by atoms with Crippen LogP contribution in [0.15, 0.2) is 48.6 Å². The topological polar surface area (TPSA) is 135 Å². The summed E-state index contributed by atoms with van der Waals surface area (Å²) < 4.78 is 22.8. The number of carbonyl (C=O) groups excluding carboxylic acids is 1. The smallest absolute Gasteiger partial charge is 0.306 e. The van der Waals surface area contributed by atoms with Gasteiger partial charge in [-0.2, -0.15) is 0 Å². The van der Waals surface area contributed by atoms with E-state index in [1.54, 1.807) is 0 Å². The van der Waals surface area contributed by atoms with E-state index in [2.05, 4.69) is 62.5 Å². The molecule has 1 rings (SSSR count). The molecule has 60 heavy (non-hydrogen) atoms. The molecular weight excluding hydrogens is 757 g/mol. The molecule has 4 N–H and O–H groups in total. The van der Waals surface area contributed by atoms with E-state index in [0.717, 1.165) is 57.8 Å². The van der Waals surface area contributed by atoms with Gasteiger partial charge in [0.2, 0.25) is 0 Å². The molecule has 1 fully saturated rings. The fourth-order valence-electron chi connectivity index (χ4n) is 7.30. The van der Waals surface area contributed by atoms with Gasteiger partial charge in [-0.1, -0.05) is 178 Å². The lowest BCUT2D eigenvalue weighted by Gasteiger charge is -2.39. The normalized spacial score (nSPS) is 20.4. The number of aliphatic hydroxyl groups excluding tert-OH is 4. The summed E-state index contributed by atoms with van der Waals surface area (Å²) in [6.45, 7) is 4.50. The minimum Gasteiger partial charge on any atom is -0.457 e. The van der Waals surface area contributed by atoms with Crippen LogP contribution in [-0.2, 0) is 23.7 Å². The van der Waals surface area contributed by atoms with Crippen LogP contribution in [0.2, 0.25) is 0 Å². The molecule has 0 amide bonds. The minimum absolute atomic E-state index is 0.118. The summed E-state index contributed by atoms with van der Waals surface area (Å²) >= 11 is 0. The number of aliphatic hydroxyl groups is 4. The van der Waals surface area contributed by atoms with Crippen LogP contribution in [0.1, 0.15) is 206 Å².